The Morgan fingerprint density at radius 1 is 1.35 bits per heavy atom. The predicted octanol–water partition coefficient (Wildman–Crippen LogP) is 3.19. The molecule has 0 saturated carbocycles. The number of hydrogen-bond donors (Lipinski definition) is 2. The molecule has 5 heteroatoms. The monoisotopic (exact) mass is 289 g/mol. The fourth-order valence-corrected chi connectivity index (χ4v) is 2.79. The first-order chi connectivity index (χ1) is 9.51. The summed E-state index contributed by atoms with van der Waals surface area (Å²) in [5, 5.41) is 8.40. The van der Waals surface area contributed by atoms with Crippen molar-refractivity contribution in [2.24, 2.45) is 5.73 Å². The first kappa shape index (κ1) is 14.5. The van der Waals surface area contributed by atoms with Crippen LogP contribution in [0.25, 0.3) is 0 Å². The summed E-state index contributed by atoms with van der Waals surface area (Å²) in [5.41, 5.74) is 8.89. The molecule has 20 heavy (non-hydrogen) atoms. The van der Waals surface area contributed by atoms with E-state index in [9.17, 15) is 0 Å². The zero-order chi connectivity index (χ0) is 14.7. The van der Waals surface area contributed by atoms with E-state index in [1.54, 1.807) is 0 Å². The molecule has 4 nitrogen and oxygen atoms in total. The number of benzene rings is 1. The predicted molar refractivity (Wildman–Crippen MR) is 82.8 cm³/mol. The summed E-state index contributed by atoms with van der Waals surface area (Å²) >= 11 is 1.43. The van der Waals surface area contributed by atoms with Gasteiger partial charge in [-0.25, -0.2) is 4.98 Å². The molecular formula is C15H19N3OS. The average molecular weight is 289 g/mol. The summed E-state index contributed by atoms with van der Waals surface area (Å²) in [6, 6.07) is 6.03. The summed E-state index contributed by atoms with van der Waals surface area (Å²) in [6.45, 7) is 6.56. The number of aromatic nitrogens is 1. The van der Waals surface area contributed by atoms with Crippen molar-refractivity contribution in [1.82, 2.24) is 4.98 Å². The topological polar surface area (TPSA) is 72.0 Å². The third kappa shape index (κ3) is 3.17. The molecule has 0 spiro atoms. The number of nitrogens with one attached hydrogen (secondary N) is 1. The van der Waals surface area contributed by atoms with Crippen LogP contribution < -0.4 is 10.5 Å². The van der Waals surface area contributed by atoms with Crippen LogP contribution >= 0.6 is 11.3 Å². The minimum atomic E-state index is 0.0804. The van der Waals surface area contributed by atoms with Crippen LogP contribution in [0.1, 0.15) is 33.6 Å². The fourth-order valence-electron chi connectivity index (χ4n) is 1.86. The van der Waals surface area contributed by atoms with Crippen molar-refractivity contribution in [3.63, 3.8) is 0 Å². The van der Waals surface area contributed by atoms with Gasteiger partial charge in [-0.05, 0) is 43.5 Å². The molecular weight excluding hydrogens is 270 g/mol. The van der Waals surface area contributed by atoms with Crippen molar-refractivity contribution in [3.05, 3.63) is 44.9 Å². The SMILES string of the molecule is CCc1nc(COc2ccc(C)c(C)c2)sc1C(=N)N. The van der Waals surface area contributed by atoms with Gasteiger partial charge < -0.3 is 10.5 Å². The van der Waals surface area contributed by atoms with Crippen molar-refractivity contribution >= 4 is 17.2 Å². The van der Waals surface area contributed by atoms with Crippen molar-refractivity contribution in [1.29, 1.82) is 5.41 Å². The molecule has 2 rings (SSSR count). The van der Waals surface area contributed by atoms with Gasteiger partial charge in [0.15, 0.2) is 0 Å². The van der Waals surface area contributed by atoms with E-state index in [4.69, 9.17) is 15.9 Å². The van der Waals surface area contributed by atoms with Crippen LogP contribution in [0.5, 0.6) is 5.75 Å². The number of ether oxygens (including phenoxy) is 1. The van der Waals surface area contributed by atoms with Crippen molar-refractivity contribution in [2.75, 3.05) is 0 Å². The zero-order valence-corrected chi connectivity index (χ0v) is 12.8. The first-order valence-corrected chi connectivity index (χ1v) is 7.36. The second-order valence-corrected chi connectivity index (χ2v) is 5.77. The highest BCUT2D eigenvalue weighted by Gasteiger charge is 2.12. The maximum atomic E-state index is 7.55. The van der Waals surface area contributed by atoms with Gasteiger partial charge in [0, 0.05) is 0 Å². The zero-order valence-electron chi connectivity index (χ0n) is 12.0. The van der Waals surface area contributed by atoms with E-state index in [1.807, 2.05) is 25.1 Å². The molecule has 2 aromatic rings. The molecule has 1 heterocycles. The van der Waals surface area contributed by atoms with Crippen molar-refractivity contribution < 1.29 is 4.74 Å². The van der Waals surface area contributed by atoms with Crippen LogP contribution in [0.3, 0.4) is 0 Å². The van der Waals surface area contributed by atoms with Crippen LogP contribution in [0.15, 0.2) is 18.2 Å². The minimum absolute atomic E-state index is 0.0804. The Morgan fingerprint density at radius 2 is 2.10 bits per heavy atom. The molecule has 3 N–H and O–H groups in total. The molecule has 0 atom stereocenters. The van der Waals surface area contributed by atoms with E-state index in [0.717, 1.165) is 27.7 Å². The van der Waals surface area contributed by atoms with Crippen LogP contribution in [0.4, 0.5) is 0 Å². The highest BCUT2D eigenvalue weighted by atomic mass is 32.1. The number of amidine groups is 1. The molecule has 1 aromatic heterocycles. The summed E-state index contributed by atoms with van der Waals surface area (Å²) in [7, 11) is 0. The lowest BCUT2D eigenvalue weighted by Gasteiger charge is -2.06. The number of aryl methyl sites for hydroxylation is 3. The Balaban J connectivity index is 2.10. The van der Waals surface area contributed by atoms with Gasteiger partial charge in [0.25, 0.3) is 0 Å². The molecule has 0 bridgehead atoms. The number of nitrogens with zero attached hydrogens (tertiary/aromatic N) is 1. The van der Waals surface area contributed by atoms with Crippen LogP contribution in [-0.2, 0) is 13.0 Å². The van der Waals surface area contributed by atoms with Crippen LogP contribution in [-0.4, -0.2) is 10.8 Å². The second kappa shape index (κ2) is 6.05. The number of hydrogen-bond acceptors (Lipinski definition) is 4. The van der Waals surface area contributed by atoms with Gasteiger partial charge in [0.2, 0.25) is 0 Å². The Hall–Kier alpha value is -1.88. The maximum absolute atomic E-state index is 7.55. The highest BCUT2D eigenvalue weighted by Crippen LogP contribution is 2.22. The molecule has 0 unspecified atom stereocenters. The lowest BCUT2D eigenvalue weighted by Crippen LogP contribution is -2.11. The largest absolute Gasteiger partial charge is 0.486 e. The molecule has 0 aliphatic rings. The first-order valence-electron chi connectivity index (χ1n) is 6.54. The van der Waals surface area contributed by atoms with Crippen LogP contribution in [0, 0.1) is 19.3 Å². The third-order valence-electron chi connectivity index (χ3n) is 3.16. The number of nitrogens with two attached hydrogens (primary N) is 1. The summed E-state index contributed by atoms with van der Waals surface area (Å²) in [6.07, 6.45) is 0.773. The third-order valence-corrected chi connectivity index (χ3v) is 4.27. The van der Waals surface area contributed by atoms with E-state index in [0.29, 0.717) is 6.61 Å². The standard InChI is InChI=1S/C15H19N3OS/c1-4-12-14(15(16)17)20-13(18-12)8-19-11-6-5-9(2)10(3)7-11/h5-7H,4,8H2,1-3H3,(H3,16,17). The second-order valence-electron chi connectivity index (χ2n) is 4.69. The smallest absolute Gasteiger partial charge is 0.140 e. The molecule has 1 aromatic carbocycles. The normalized spacial score (nSPS) is 10.6. The van der Waals surface area contributed by atoms with Gasteiger partial charge >= 0.3 is 0 Å². The summed E-state index contributed by atoms with van der Waals surface area (Å²) in [4.78, 5) is 5.23. The molecule has 0 amide bonds. The molecule has 106 valence electrons. The van der Waals surface area contributed by atoms with Gasteiger partial charge in [-0.2, -0.15) is 0 Å². The number of thiazole rings is 1. The Morgan fingerprint density at radius 3 is 2.65 bits per heavy atom. The number of nitrogen functional groups attached to an aromatic ring is 1. The molecule has 0 saturated heterocycles. The van der Waals surface area contributed by atoms with Crippen LogP contribution in [0.2, 0.25) is 0 Å². The summed E-state index contributed by atoms with van der Waals surface area (Å²) < 4.78 is 5.76. The van der Waals surface area contributed by atoms with Crippen molar-refractivity contribution in [2.45, 2.75) is 33.8 Å². The fraction of sp³-hybridized carbons (Fsp3) is 0.333. The van der Waals surface area contributed by atoms with E-state index in [1.165, 1.54) is 22.5 Å². The van der Waals surface area contributed by atoms with Gasteiger partial charge in [-0.1, -0.05) is 13.0 Å². The average Bonchev–Trinajstić information content (AvgIpc) is 2.84. The van der Waals surface area contributed by atoms with E-state index >= 15 is 0 Å². The van der Waals surface area contributed by atoms with Gasteiger partial charge in [-0.15, -0.1) is 11.3 Å². The Bertz CT molecular complexity index is 634. The van der Waals surface area contributed by atoms with Gasteiger partial charge in [0.1, 0.15) is 23.2 Å². The Labute approximate surface area is 123 Å². The summed E-state index contributed by atoms with van der Waals surface area (Å²) in [5.74, 6) is 0.919. The minimum Gasteiger partial charge on any atom is -0.486 e. The lowest BCUT2D eigenvalue weighted by molar-refractivity contribution is 0.305. The van der Waals surface area contributed by atoms with E-state index in [2.05, 4.69) is 18.8 Å². The molecule has 0 aliphatic carbocycles. The molecule has 0 aliphatic heterocycles. The number of rotatable bonds is 5. The van der Waals surface area contributed by atoms with Crippen molar-refractivity contribution in [3.8, 4) is 5.75 Å². The lowest BCUT2D eigenvalue weighted by atomic mass is 10.1. The Kier molecular flexibility index (Phi) is 4.39. The maximum Gasteiger partial charge on any atom is 0.140 e. The molecule has 0 fully saturated rings. The molecule has 0 radical (unpaired) electrons. The van der Waals surface area contributed by atoms with E-state index < -0.39 is 0 Å². The highest BCUT2D eigenvalue weighted by molar-refractivity contribution is 7.13. The van der Waals surface area contributed by atoms with Gasteiger partial charge in [-0.3, -0.25) is 5.41 Å². The quantitative estimate of drug-likeness (QED) is 0.656. The van der Waals surface area contributed by atoms with Gasteiger partial charge in [0.05, 0.1) is 10.6 Å². The van der Waals surface area contributed by atoms with E-state index in [-0.39, 0.29) is 5.84 Å².